The Morgan fingerprint density at radius 3 is 3.20 bits per heavy atom. The number of nitrogens with two attached hydrogens (primary N) is 1. The predicted octanol–water partition coefficient (Wildman–Crippen LogP) is 1.64. The van der Waals surface area contributed by atoms with Crippen molar-refractivity contribution in [2.45, 2.75) is 31.9 Å². The monoisotopic (exact) mass is 207 g/mol. The summed E-state index contributed by atoms with van der Waals surface area (Å²) >= 11 is 0. The molecule has 3 N–H and O–H groups in total. The van der Waals surface area contributed by atoms with Crippen LogP contribution in [0.15, 0.2) is 18.5 Å². The molecule has 4 heteroatoms. The molecule has 1 aromatic rings. The molecule has 0 radical (unpaired) electrons. The second kappa shape index (κ2) is 4.49. The number of rotatable bonds is 3. The minimum atomic E-state index is 0.289. The zero-order valence-electron chi connectivity index (χ0n) is 8.94. The van der Waals surface area contributed by atoms with Crippen LogP contribution in [-0.2, 0) is 4.74 Å². The summed E-state index contributed by atoms with van der Waals surface area (Å²) in [5.41, 5.74) is 7.42. The molecule has 0 unspecified atom stereocenters. The number of hydrogen-bond donors (Lipinski definition) is 2. The van der Waals surface area contributed by atoms with E-state index in [1.807, 2.05) is 6.07 Å². The van der Waals surface area contributed by atoms with E-state index in [1.165, 1.54) is 0 Å². The van der Waals surface area contributed by atoms with Crippen molar-refractivity contribution in [1.82, 2.24) is 4.98 Å². The van der Waals surface area contributed by atoms with Crippen LogP contribution in [0.2, 0.25) is 0 Å². The van der Waals surface area contributed by atoms with Gasteiger partial charge in [0, 0.05) is 18.8 Å². The Morgan fingerprint density at radius 2 is 2.53 bits per heavy atom. The lowest BCUT2D eigenvalue weighted by molar-refractivity contribution is 0.0997. The Balaban J connectivity index is 1.99. The third kappa shape index (κ3) is 2.39. The molecule has 2 rings (SSSR count). The lowest BCUT2D eigenvalue weighted by atomic mass is 10.1. The molecular formula is C11H17N3O. The van der Waals surface area contributed by atoms with Gasteiger partial charge < -0.3 is 15.8 Å². The van der Waals surface area contributed by atoms with Crippen LogP contribution in [-0.4, -0.2) is 23.7 Å². The fourth-order valence-corrected chi connectivity index (χ4v) is 1.87. The Kier molecular flexibility index (Phi) is 3.06. The van der Waals surface area contributed by atoms with Crippen LogP contribution >= 0.6 is 0 Å². The summed E-state index contributed by atoms with van der Waals surface area (Å²) in [6.07, 6.45) is 5.98. The summed E-state index contributed by atoms with van der Waals surface area (Å²) in [6, 6.07) is 2.18. The van der Waals surface area contributed by atoms with Crippen molar-refractivity contribution in [2.75, 3.05) is 17.7 Å². The minimum absolute atomic E-state index is 0.289. The summed E-state index contributed by atoms with van der Waals surface area (Å²) < 4.78 is 5.61. The van der Waals surface area contributed by atoms with Gasteiger partial charge in [0.05, 0.1) is 23.7 Å². The van der Waals surface area contributed by atoms with E-state index in [1.54, 1.807) is 12.4 Å². The number of aromatic nitrogens is 1. The molecule has 0 bridgehead atoms. The van der Waals surface area contributed by atoms with Crippen molar-refractivity contribution < 1.29 is 4.74 Å². The molecule has 4 nitrogen and oxygen atoms in total. The first-order valence-electron chi connectivity index (χ1n) is 5.35. The first kappa shape index (κ1) is 10.2. The highest BCUT2D eigenvalue weighted by atomic mass is 16.5. The van der Waals surface area contributed by atoms with Crippen LogP contribution in [0, 0.1) is 0 Å². The molecule has 0 amide bonds. The van der Waals surface area contributed by atoms with E-state index in [0.717, 1.165) is 25.1 Å². The Morgan fingerprint density at radius 1 is 1.67 bits per heavy atom. The number of nitrogens with one attached hydrogen (secondary N) is 1. The van der Waals surface area contributed by atoms with Crippen LogP contribution in [0.4, 0.5) is 11.4 Å². The van der Waals surface area contributed by atoms with Gasteiger partial charge in [0.25, 0.3) is 0 Å². The molecule has 1 aromatic heterocycles. The lowest BCUT2D eigenvalue weighted by Crippen LogP contribution is -2.30. The van der Waals surface area contributed by atoms with Gasteiger partial charge in [-0.3, -0.25) is 4.98 Å². The molecule has 0 saturated carbocycles. The third-order valence-electron chi connectivity index (χ3n) is 2.76. The Bertz CT molecular complexity index is 323. The van der Waals surface area contributed by atoms with Gasteiger partial charge in [-0.25, -0.2) is 0 Å². The van der Waals surface area contributed by atoms with Crippen LogP contribution in [0.3, 0.4) is 0 Å². The first-order chi connectivity index (χ1) is 7.27. The molecule has 1 fully saturated rings. The van der Waals surface area contributed by atoms with Gasteiger partial charge >= 0.3 is 0 Å². The van der Waals surface area contributed by atoms with Crippen molar-refractivity contribution in [3.8, 4) is 0 Å². The highest BCUT2D eigenvalue weighted by molar-refractivity contribution is 5.64. The number of nitrogen functional groups attached to an aromatic ring is 1. The largest absolute Gasteiger partial charge is 0.396 e. The maximum absolute atomic E-state index is 5.80. The third-order valence-corrected chi connectivity index (χ3v) is 2.76. The number of nitrogens with zero attached hydrogens (tertiary/aromatic N) is 1. The quantitative estimate of drug-likeness (QED) is 0.791. The van der Waals surface area contributed by atoms with Crippen molar-refractivity contribution in [3.63, 3.8) is 0 Å². The molecule has 2 atom stereocenters. The van der Waals surface area contributed by atoms with E-state index in [4.69, 9.17) is 10.5 Å². The van der Waals surface area contributed by atoms with Crippen LogP contribution in [0.1, 0.15) is 19.8 Å². The fourth-order valence-electron chi connectivity index (χ4n) is 1.87. The van der Waals surface area contributed by atoms with E-state index in [2.05, 4.69) is 17.2 Å². The smallest absolute Gasteiger partial charge is 0.0774 e. The van der Waals surface area contributed by atoms with E-state index in [9.17, 15) is 0 Å². The van der Waals surface area contributed by atoms with Gasteiger partial charge in [-0.2, -0.15) is 0 Å². The highest BCUT2D eigenvalue weighted by Gasteiger charge is 2.22. The predicted molar refractivity (Wildman–Crippen MR) is 60.7 cm³/mol. The summed E-state index contributed by atoms with van der Waals surface area (Å²) in [7, 11) is 0. The number of anilines is 2. The second-order valence-corrected chi connectivity index (χ2v) is 3.95. The van der Waals surface area contributed by atoms with Crippen molar-refractivity contribution >= 4 is 11.4 Å². The standard InChI is InChI=1S/C11H17N3O/c1-8(11-3-2-6-15-11)14-10-4-5-13-7-9(10)12/h4-5,7-8,11H,2-3,6,12H2,1H3,(H,13,14)/t8-,11+/m0/s1. The van der Waals surface area contributed by atoms with E-state index in [-0.39, 0.29) is 6.04 Å². The molecule has 0 spiro atoms. The van der Waals surface area contributed by atoms with Gasteiger partial charge in [0.1, 0.15) is 0 Å². The van der Waals surface area contributed by atoms with Crippen molar-refractivity contribution in [3.05, 3.63) is 18.5 Å². The Labute approximate surface area is 89.8 Å². The molecular weight excluding hydrogens is 190 g/mol. The Hall–Kier alpha value is -1.29. The SMILES string of the molecule is C[C@H](Nc1ccncc1N)[C@H]1CCCO1. The molecule has 0 aliphatic carbocycles. The maximum atomic E-state index is 5.80. The number of hydrogen-bond acceptors (Lipinski definition) is 4. The van der Waals surface area contributed by atoms with Crippen molar-refractivity contribution in [1.29, 1.82) is 0 Å². The van der Waals surface area contributed by atoms with Crippen LogP contribution < -0.4 is 11.1 Å². The second-order valence-electron chi connectivity index (χ2n) is 3.95. The maximum Gasteiger partial charge on any atom is 0.0774 e. The molecule has 82 valence electrons. The molecule has 1 saturated heterocycles. The fraction of sp³-hybridized carbons (Fsp3) is 0.545. The topological polar surface area (TPSA) is 60.2 Å². The average molecular weight is 207 g/mol. The van der Waals surface area contributed by atoms with E-state index in [0.29, 0.717) is 11.8 Å². The lowest BCUT2D eigenvalue weighted by Gasteiger charge is -2.21. The molecule has 1 aliphatic heterocycles. The van der Waals surface area contributed by atoms with Crippen LogP contribution in [0.25, 0.3) is 0 Å². The number of pyridine rings is 1. The number of ether oxygens (including phenoxy) is 1. The summed E-state index contributed by atoms with van der Waals surface area (Å²) in [6.45, 7) is 3.00. The summed E-state index contributed by atoms with van der Waals surface area (Å²) in [5, 5.41) is 3.36. The van der Waals surface area contributed by atoms with E-state index >= 15 is 0 Å². The zero-order chi connectivity index (χ0) is 10.7. The molecule has 0 aromatic carbocycles. The van der Waals surface area contributed by atoms with Gasteiger partial charge in [-0.1, -0.05) is 0 Å². The zero-order valence-corrected chi connectivity index (χ0v) is 8.94. The minimum Gasteiger partial charge on any atom is -0.396 e. The average Bonchev–Trinajstić information content (AvgIpc) is 2.74. The first-order valence-corrected chi connectivity index (χ1v) is 5.35. The van der Waals surface area contributed by atoms with Gasteiger partial charge in [0.15, 0.2) is 0 Å². The van der Waals surface area contributed by atoms with Gasteiger partial charge in [0.2, 0.25) is 0 Å². The summed E-state index contributed by atoms with van der Waals surface area (Å²) in [5.74, 6) is 0. The van der Waals surface area contributed by atoms with Gasteiger partial charge in [-0.15, -0.1) is 0 Å². The summed E-state index contributed by atoms with van der Waals surface area (Å²) in [4.78, 5) is 3.95. The normalized spacial score (nSPS) is 22.6. The van der Waals surface area contributed by atoms with Crippen molar-refractivity contribution in [2.24, 2.45) is 0 Å². The highest BCUT2D eigenvalue weighted by Crippen LogP contribution is 2.21. The van der Waals surface area contributed by atoms with E-state index < -0.39 is 0 Å². The van der Waals surface area contributed by atoms with Crippen LogP contribution in [0.5, 0.6) is 0 Å². The molecule has 2 heterocycles. The van der Waals surface area contributed by atoms with Gasteiger partial charge in [-0.05, 0) is 25.8 Å². The molecule has 15 heavy (non-hydrogen) atoms. The molecule has 1 aliphatic rings.